The van der Waals surface area contributed by atoms with Crippen LogP contribution in [0.1, 0.15) is 32.0 Å². The van der Waals surface area contributed by atoms with Gasteiger partial charge in [-0.1, -0.05) is 6.92 Å². The number of nitrogens with zero attached hydrogens (tertiary/aromatic N) is 3. The lowest BCUT2D eigenvalue weighted by molar-refractivity contribution is 0.490. The number of hydrogen-bond donors (Lipinski definition) is 0. The zero-order chi connectivity index (χ0) is 10.1. The van der Waals surface area contributed by atoms with Crippen LogP contribution in [0, 0.1) is 6.92 Å². The van der Waals surface area contributed by atoms with E-state index >= 15 is 0 Å². The van der Waals surface area contributed by atoms with Gasteiger partial charge in [-0.3, -0.25) is 9.67 Å². The highest BCUT2D eigenvalue weighted by Crippen LogP contribution is 2.20. The number of rotatable bonds is 2. The second kappa shape index (κ2) is 3.40. The van der Waals surface area contributed by atoms with Crippen molar-refractivity contribution in [3.05, 3.63) is 24.0 Å². The van der Waals surface area contributed by atoms with Crippen molar-refractivity contribution in [2.45, 2.75) is 33.2 Å². The van der Waals surface area contributed by atoms with Crippen molar-refractivity contribution in [3.63, 3.8) is 0 Å². The van der Waals surface area contributed by atoms with E-state index in [1.807, 2.05) is 19.2 Å². The molecule has 2 aromatic rings. The summed E-state index contributed by atoms with van der Waals surface area (Å²) < 4.78 is 2.07. The average Bonchev–Trinajstić information content (AvgIpc) is 2.56. The molecule has 2 aromatic heterocycles. The highest BCUT2D eigenvalue weighted by molar-refractivity contribution is 5.77. The maximum atomic E-state index is 4.51. The third-order valence-electron chi connectivity index (χ3n) is 2.64. The molecule has 2 rings (SSSR count). The topological polar surface area (TPSA) is 30.7 Å². The van der Waals surface area contributed by atoms with Gasteiger partial charge in [0.1, 0.15) is 5.52 Å². The predicted molar refractivity (Wildman–Crippen MR) is 57.3 cm³/mol. The molecule has 0 radical (unpaired) electrons. The number of aryl methyl sites for hydroxylation is 1. The van der Waals surface area contributed by atoms with E-state index in [1.54, 1.807) is 0 Å². The molecule has 14 heavy (non-hydrogen) atoms. The summed E-state index contributed by atoms with van der Waals surface area (Å²) in [5.74, 6) is 0. The minimum Gasteiger partial charge on any atom is -0.260 e. The molecule has 1 unspecified atom stereocenters. The maximum Gasteiger partial charge on any atom is 0.111 e. The van der Waals surface area contributed by atoms with Crippen molar-refractivity contribution in [1.82, 2.24) is 14.8 Å². The summed E-state index contributed by atoms with van der Waals surface area (Å²) in [6.45, 7) is 6.36. The van der Waals surface area contributed by atoms with Crippen molar-refractivity contribution in [1.29, 1.82) is 0 Å². The first-order valence-corrected chi connectivity index (χ1v) is 5.04. The predicted octanol–water partition coefficient (Wildman–Crippen LogP) is 2.71. The molecule has 0 bridgehead atoms. The van der Waals surface area contributed by atoms with Crippen LogP contribution in [0.5, 0.6) is 0 Å². The fourth-order valence-corrected chi connectivity index (χ4v) is 1.63. The van der Waals surface area contributed by atoms with Crippen molar-refractivity contribution < 1.29 is 0 Å². The van der Waals surface area contributed by atoms with Gasteiger partial charge in [-0.25, -0.2) is 0 Å². The molecular formula is C11H15N3. The summed E-state index contributed by atoms with van der Waals surface area (Å²) in [4.78, 5) is 4.33. The first kappa shape index (κ1) is 9.19. The standard InChI is InChI=1S/C11H15N3/c1-4-8(2)14-10-6-5-7-12-11(10)9(3)13-14/h5-8H,4H2,1-3H3. The third kappa shape index (κ3) is 1.29. The Morgan fingerprint density at radius 1 is 1.50 bits per heavy atom. The average molecular weight is 189 g/mol. The van der Waals surface area contributed by atoms with E-state index in [1.165, 1.54) is 0 Å². The summed E-state index contributed by atoms with van der Waals surface area (Å²) in [7, 11) is 0. The Bertz CT molecular complexity index is 445. The number of pyridine rings is 1. The van der Waals surface area contributed by atoms with Gasteiger partial charge in [0.2, 0.25) is 0 Å². The Labute approximate surface area is 83.8 Å². The molecule has 0 N–H and O–H groups in total. The molecule has 0 fully saturated rings. The van der Waals surface area contributed by atoms with E-state index in [4.69, 9.17) is 0 Å². The first-order valence-electron chi connectivity index (χ1n) is 5.04. The Kier molecular flexibility index (Phi) is 2.23. The van der Waals surface area contributed by atoms with Crippen LogP contribution in [0.2, 0.25) is 0 Å². The third-order valence-corrected chi connectivity index (χ3v) is 2.64. The molecule has 0 aliphatic carbocycles. The van der Waals surface area contributed by atoms with Crippen LogP contribution in [-0.4, -0.2) is 14.8 Å². The molecule has 0 aromatic carbocycles. The zero-order valence-electron chi connectivity index (χ0n) is 8.86. The van der Waals surface area contributed by atoms with Crippen molar-refractivity contribution >= 4 is 11.0 Å². The van der Waals surface area contributed by atoms with Gasteiger partial charge >= 0.3 is 0 Å². The summed E-state index contributed by atoms with van der Waals surface area (Å²) in [5.41, 5.74) is 3.17. The Morgan fingerprint density at radius 2 is 2.29 bits per heavy atom. The van der Waals surface area contributed by atoms with Gasteiger partial charge < -0.3 is 0 Å². The second-order valence-corrected chi connectivity index (χ2v) is 3.66. The highest BCUT2D eigenvalue weighted by Gasteiger charge is 2.11. The molecule has 0 aliphatic rings. The molecule has 0 aliphatic heterocycles. The SMILES string of the molecule is CCC(C)n1nc(C)c2ncccc21. The van der Waals surface area contributed by atoms with Crippen molar-refractivity contribution in [2.24, 2.45) is 0 Å². The van der Waals surface area contributed by atoms with E-state index in [0.29, 0.717) is 6.04 Å². The monoisotopic (exact) mass is 189 g/mol. The summed E-state index contributed by atoms with van der Waals surface area (Å²) in [6, 6.07) is 4.48. The molecule has 3 nitrogen and oxygen atoms in total. The van der Waals surface area contributed by atoms with Crippen LogP contribution < -0.4 is 0 Å². The van der Waals surface area contributed by atoms with Gasteiger partial charge in [-0.2, -0.15) is 5.10 Å². The van der Waals surface area contributed by atoms with Gasteiger partial charge in [0.25, 0.3) is 0 Å². The first-order chi connectivity index (χ1) is 6.74. The van der Waals surface area contributed by atoms with Crippen LogP contribution in [-0.2, 0) is 0 Å². The Balaban J connectivity index is 2.66. The normalized spacial score (nSPS) is 13.4. The smallest absolute Gasteiger partial charge is 0.111 e. The van der Waals surface area contributed by atoms with Gasteiger partial charge in [-0.15, -0.1) is 0 Å². The Morgan fingerprint density at radius 3 is 3.00 bits per heavy atom. The molecule has 0 spiro atoms. The van der Waals surface area contributed by atoms with Gasteiger partial charge in [0, 0.05) is 12.2 Å². The van der Waals surface area contributed by atoms with Gasteiger partial charge in [0.05, 0.1) is 11.2 Å². The fraction of sp³-hybridized carbons (Fsp3) is 0.455. The lowest BCUT2D eigenvalue weighted by atomic mass is 10.2. The van der Waals surface area contributed by atoms with Gasteiger partial charge in [0.15, 0.2) is 0 Å². The van der Waals surface area contributed by atoms with Crippen LogP contribution >= 0.6 is 0 Å². The largest absolute Gasteiger partial charge is 0.260 e. The van der Waals surface area contributed by atoms with E-state index in [2.05, 4.69) is 34.7 Å². The van der Waals surface area contributed by atoms with Crippen LogP contribution in [0.3, 0.4) is 0 Å². The minimum absolute atomic E-state index is 0.440. The van der Waals surface area contributed by atoms with Crippen molar-refractivity contribution in [3.8, 4) is 0 Å². The summed E-state index contributed by atoms with van der Waals surface area (Å²) >= 11 is 0. The fourth-order valence-electron chi connectivity index (χ4n) is 1.63. The molecule has 3 heteroatoms. The van der Waals surface area contributed by atoms with E-state index < -0.39 is 0 Å². The zero-order valence-corrected chi connectivity index (χ0v) is 8.86. The van der Waals surface area contributed by atoms with Crippen molar-refractivity contribution in [2.75, 3.05) is 0 Å². The number of fused-ring (bicyclic) bond motifs is 1. The number of aromatic nitrogens is 3. The molecular weight excluding hydrogens is 174 g/mol. The van der Waals surface area contributed by atoms with E-state index in [-0.39, 0.29) is 0 Å². The molecule has 1 atom stereocenters. The van der Waals surface area contributed by atoms with Gasteiger partial charge in [-0.05, 0) is 32.4 Å². The van der Waals surface area contributed by atoms with Crippen LogP contribution in [0.15, 0.2) is 18.3 Å². The Hall–Kier alpha value is -1.38. The van der Waals surface area contributed by atoms with Crippen LogP contribution in [0.4, 0.5) is 0 Å². The minimum atomic E-state index is 0.440. The van der Waals surface area contributed by atoms with Crippen LogP contribution in [0.25, 0.3) is 11.0 Å². The lowest BCUT2D eigenvalue weighted by Gasteiger charge is -2.09. The molecule has 74 valence electrons. The quantitative estimate of drug-likeness (QED) is 0.727. The lowest BCUT2D eigenvalue weighted by Crippen LogP contribution is -2.05. The number of hydrogen-bond acceptors (Lipinski definition) is 2. The highest BCUT2D eigenvalue weighted by atomic mass is 15.3. The van der Waals surface area contributed by atoms with E-state index in [0.717, 1.165) is 23.1 Å². The summed E-state index contributed by atoms with van der Waals surface area (Å²) in [5, 5.41) is 4.51. The summed E-state index contributed by atoms with van der Waals surface area (Å²) in [6.07, 6.45) is 2.91. The second-order valence-electron chi connectivity index (χ2n) is 3.66. The molecule has 2 heterocycles. The maximum absolute atomic E-state index is 4.51. The van der Waals surface area contributed by atoms with E-state index in [9.17, 15) is 0 Å². The molecule has 0 amide bonds. The molecule has 0 saturated carbocycles. The molecule has 0 saturated heterocycles.